The molecule has 0 heterocycles. The van der Waals surface area contributed by atoms with Crippen LogP contribution in [0.15, 0.2) is 22.7 Å². The average molecular weight is 370 g/mol. The number of carbonyl (C=O) groups excluding carboxylic acids is 1. The van der Waals surface area contributed by atoms with Crippen LogP contribution in [0.2, 0.25) is 0 Å². The maximum atomic E-state index is 12.6. The summed E-state index contributed by atoms with van der Waals surface area (Å²) in [5, 5.41) is 2.49. The van der Waals surface area contributed by atoms with Gasteiger partial charge in [0.15, 0.2) is 0 Å². The first kappa shape index (κ1) is 17.4. The number of amides is 1. The second kappa shape index (κ2) is 6.39. The van der Waals surface area contributed by atoms with Crippen LogP contribution in [0.4, 0.5) is 18.9 Å². The van der Waals surface area contributed by atoms with Crippen molar-refractivity contribution in [1.82, 2.24) is 0 Å². The van der Waals surface area contributed by atoms with Gasteiger partial charge >= 0.3 is 6.18 Å². The highest BCUT2D eigenvalue weighted by Gasteiger charge is 2.31. The Bertz CT molecular complexity index is 497. The number of alkyl halides is 3. The van der Waals surface area contributed by atoms with Crippen LogP contribution in [0.5, 0.6) is 0 Å². The molecule has 2 nitrogen and oxygen atoms in total. The maximum absolute atomic E-state index is 12.6. The molecular formula is C13H15BrF3NOS. The molecular weight excluding hydrogens is 355 g/mol. The van der Waals surface area contributed by atoms with E-state index >= 15 is 0 Å². The topological polar surface area (TPSA) is 29.1 Å². The van der Waals surface area contributed by atoms with Gasteiger partial charge in [-0.2, -0.15) is 13.2 Å². The average Bonchev–Trinajstić information content (AvgIpc) is 2.27. The molecule has 0 saturated carbocycles. The first-order valence-corrected chi connectivity index (χ1v) is 7.57. The first-order chi connectivity index (χ1) is 8.99. The van der Waals surface area contributed by atoms with Crippen molar-refractivity contribution in [2.45, 2.75) is 31.7 Å². The minimum absolute atomic E-state index is 0.0810. The van der Waals surface area contributed by atoms with E-state index in [2.05, 4.69) is 21.2 Å². The third-order valence-electron chi connectivity index (χ3n) is 2.20. The Morgan fingerprint density at radius 3 is 2.40 bits per heavy atom. The molecule has 1 amide bonds. The van der Waals surface area contributed by atoms with Gasteiger partial charge in [0.1, 0.15) is 0 Å². The van der Waals surface area contributed by atoms with Gasteiger partial charge < -0.3 is 5.32 Å². The smallest absolute Gasteiger partial charge is 0.324 e. The molecule has 0 unspecified atom stereocenters. The first-order valence-electron chi connectivity index (χ1n) is 5.79. The zero-order valence-electron chi connectivity index (χ0n) is 11.3. The largest absolute Gasteiger partial charge is 0.416 e. The third-order valence-corrected chi connectivity index (χ3v) is 4.17. The number of hydrogen-bond donors (Lipinski definition) is 1. The second-order valence-corrected chi connectivity index (χ2v) is 7.80. The minimum atomic E-state index is -4.43. The summed E-state index contributed by atoms with van der Waals surface area (Å²) in [6.07, 6.45) is -4.43. The van der Waals surface area contributed by atoms with E-state index in [1.165, 1.54) is 17.8 Å². The van der Waals surface area contributed by atoms with Crippen LogP contribution >= 0.6 is 27.7 Å². The van der Waals surface area contributed by atoms with Crippen molar-refractivity contribution >= 4 is 39.3 Å². The Labute approximate surface area is 128 Å². The molecule has 0 aromatic heterocycles. The Morgan fingerprint density at radius 2 is 1.90 bits per heavy atom. The molecule has 0 aliphatic rings. The Hall–Kier alpha value is -0.690. The van der Waals surface area contributed by atoms with Crippen molar-refractivity contribution in [2.24, 2.45) is 0 Å². The lowest BCUT2D eigenvalue weighted by atomic mass is 10.2. The van der Waals surface area contributed by atoms with E-state index in [0.29, 0.717) is 4.47 Å². The molecule has 0 fully saturated rings. The monoisotopic (exact) mass is 369 g/mol. The molecule has 0 atom stereocenters. The molecule has 0 radical (unpaired) electrons. The molecule has 0 aliphatic carbocycles. The lowest BCUT2D eigenvalue weighted by molar-refractivity contribution is -0.137. The molecule has 0 bridgehead atoms. The standard InChI is InChI=1S/C13H15BrF3NOS/c1-12(2,3)20-7-11(19)18-10-6-8(13(15,16)17)4-5-9(10)14/h4-6H,7H2,1-3H3,(H,18,19). The van der Waals surface area contributed by atoms with Crippen molar-refractivity contribution in [3.63, 3.8) is 0 Å². The fraction of sp³-hybridized carbons (Fsp3) is 0.462. The summed E-state index contributed by atoms with van der Waals surface area (Å²) in [7, 11) is 0. The van der Waals surface area contributed by atoms with Gasteiger partial charge in [0.05, 0.1) is 17.0 Å². The summed E-state index contributed by atoms with van der Waals surface area (Å²) in [5.74, 6) is -0.142. The van der Waals surface area contributed by atoms with Crippen LogP contribution in [-0.4, -0.2) is 16.4 Å². The van der Waals surface area contributed by atoms with Crippen LogP contribution in [0.3, 0.4) is 0 Å². The van der Waals surface area contributed by atoms with Crippen LogP contribution in [0.25, 0.3) is 0 Å². The fourth-order valence-corrected chi connectivity index (χ4v) is 2.25. The molecule has 7 heteroatoms. The molecule has 1 rings (SSSR count). The molecule has 0 spiro atoms. The predicted octanol–water partition coefficient (Wildman–Crippen LogP) is 4.94. The number of benzene rings is 1. The quantitative estimate of drug-likeness (QED) is 0.817. The minimum Gasteiger partial charge on any atom is -0.324 e. The molecule has 1 N–H and O–H groups in total. The highest BCUT2D eigenvalue weighted by atomic mass is 79.9. The highest BCUT2D eigenvalue weighted by molar-refractivity contribution is 9.10. The van der Waals surface area contributed by atoms with Gasteiger partial charge in [-0.25, -0.2) is 0 Å². The lowest BCUT2D eigenvalue weighted by Gasteiger charge is -2.17. The van der Waals surface area contributed by atoms with E-state index < -0.39 is 11.7 Å². The van der Waals surface area contributed by atoms with Crippen molar-refractivity contribution < 1.29 is 18.0 Å². The number of rotatable bonds is 3. The SMILES string of the molecule is CC(C)(C)SCC(=O)Nc1cc(C(F)(F)F)ccc1Br. The lowest BCUT2D eigenvalue weighted by Crippen LogP contribution is -2.19. The van der Waals surface area contributed by atoms with E-state index in [-0.39, 0.29) is 22.1 Å². The number of thioether (sulfide) groups is 1. The Morgan fingerprint density at radius 1 is 1.30 bits per heavy atom. The van der Waals surface area contributed by atoms with Crippen LogP contribution in [0, 0.1) is 0 Å². The number of anilines is 1. The molecule has 20 heavy (non-hydrogen) atoms. The molecule has 0 saturated heterocycles. The van der Waals surface area contributed by atoms with E-state index in [4.69, 9.17) is 0 Å². The summed E-state index contributed by atoms with van der Waals surface area (Å²) < 4.78 is 38.2. The Kier molecular flexibility index (Phi) is 5.54. The van der Waals surface area contributed by atoms with E-state index in [9.17, 15) is 18.0 Å². The van der Waals surface area contributed by atoms with Crippen LogP contribution in [-0.2, 0) is 11.0 Å². The number of nitrogens with one attached hydrogen (secondary N) is 1. The highest BCUT2D eigenvalue weighted by Crippen LogP contribution is 2.34. The van der Waals surface area contributed by atoms with Gasteiger partial charge in [-0.15, -0.1) is 11.8 Å². The number of hydrogen-bond acceptors (Lipinski definition) is 2. The van der Waals surface area contributed by atoms with E-state index in [1.807, 2.05) is 20.8 Å². The normalized spacial score (nSPS) is 12.3. The molecule has 112 valence electrons. The molecule has 0 aliphatic heterocycles. The number of halogens is 4. The zero-order valence-corrected chi connectivity index (χ0v) is 13.7. The summed E-state index contributed by atoms with van der Waals surface area (Å²) in [6.45, 7) is 5.89. The van der Waals surface area contributed by atoms with Gasteiger partial charge in [-0.1, -0.05) is 20.8 Å². The third kappa shape index (κ3) is 5.75. The molecule has 1 aromatic carbocycles. The summed E-state index contributed by atoms with van der Waals surface area (Å²) in [6, 6.07) is 3.16. The van der Waals surface area contributed by atoms with Crippen LogP contribution in [0.1, 0.15) is 26.3 Å². The second-order valence-electron chi connectivity index (χ2n) is 5.14. The summed E-state index contributed by atoms with van der Waals surface area (Å²) in [5.41, 5.74) is -0.668. The van der Waals surface area contributed by atoms with Crippen molar-refractivity contribution in [1.29, 1.82) is 0 Å². The van der Waals surface area contributed by atoms with Crippen molar-refractivity contribution in [2.75, 3.05) is 11.1 Å². The fourth-order valence-electron chi connectivity index (χ4n) is 1.27. The van der Waals surface area contributed by atoms with E-state index in [0.717, 1.165) is 12.1 Å². The number of carbonyl (C=O) groups is 1. The zero-order chi connectivity index (χ0) is 15.6. The Balaban J connectivity index is 2.79. The maximum Gasteiger partial charge on any atom is 0.416 e. The van der Waals surface area contributed by atoms with Crippen molar-refractivity contribution in [3.8, 4) is 0 Å². The molecule has 1 aromatic rings. The summed E-state index contributed by atoms with van der Waals surface area (Å²) >= 11 is 4.55. The van der Waals surface area contributed by atoms with E-state index in [1.54, 1.807) is 0 Å². The van der Waals surface area contributed by atoms with Gasteiger partial charge in [0.2, 0.25) is 5.91 Å². The van der Waals surface area contributed by atoms with Gasteiger partial charge in [0.25, 0.3) is 0 Å². The van der Waals surface area contributed by atoms with Crippen molar-refractivity contribution in [3.05, 3.63) is 28.2 Å². The predicted molar refractivity (Wildman–Crippen MR) is 80.0 cm³/mol. The van der Waals surface area contributed by atoms with Gasteiger partial charge in [0, 0.05) is 9.22 Å². The van der Waals surface area contributed by atoms with Gasteiger partial charge in [-0.3, -0.25) is 4.79 Å². The van der Waals surface area contributed by atoms with Gasteiger partial charge in [-0.05, 0) is 34.1 Å². The summed E-state index contributed by atoms with van der Waals surface area (Å²) in [4.78, 5) is 11.7. The van der Waals surface area contributed by atoms with Crippen LogP contribution < -0.4 is 5.32 Å².